The Morgan fingerprint density at radius 3 is 2.57 bits per heavy atom. The van der Waals surface area contributed by atoms with Crippen LogP contribution in [0.4, 0.5) is 0 Å². The fourth-order valence-corrected chi connectivity index (χ4v) is 7.87. The number of nitrogens with zero attached hydrogens (tertiary/aromatic N) is 4. The normalized spacial score (nSPS) is 18.0. The quantitative estimate of drug-likeness (QED) is 0.209. The molecule has 1 aromatic heterocycles. The molecule has 1 amide bonds. The van der Waals surface area contributed by atoms with Gasteiger partial charge in [-0.05, 0) is 48.0 Å². The molecule has 0 bridgehead atoms. The number of carbonyl (C=O) groups is 1. The third-order valence-corrected chi connectivity index (χ3v) is 10.7. The zero-order chi connectivity index (χ0) is 30.3. The summed E-state index contributed by atoms with van der Waals surface area (Å²) >= 11 is 6.83. The molecule has 4 aromatic rings. The smallest absolute Gasteiger partial charge is 0.266 e. The van der Waals surface area contributed by atoms with Gasteiger partial charge in [0.05, 0.1) is 35.2 Å². The minimum absolute atomic E-state index is 0.170. The summed E-state index contributed by atoms with van der Waals surface area (Å²) in [5.74, 6) is 1.09. The van der Waals surface area contributed by atoms with E-state index in [1.165, 1.54) is 16.1 Å². The van der Waals surface area contributed by atoms with Gasteiger partial charge in [0.2, 0.25) is 16.8 Å². The highest BCUT2D eigenvalue weighted by Crippen LogP contribution is 2.38. The molecule has 4 heterocycles. The van der Waals surface area contributed by atoms with Gasteiger partial charge in [-0.25, -0.2) is 13.1 Å². The molecule has 0 saturated carbocycles. The van der Waals surface area contributed by atoms with Crippen LogP contribution in [0.3, 0.4) is 0 Å². The number of benzene rings is 3. The minimum atomic E-state index is -3.73. The lowest BCUT2D eigenvalue weighted by Crippen LogP contribution is -2.40. The SMILES string of the molecule is O=C1C(=Cc2cn(-c3ccccc3)nc2-c2cccc(S(=O)(=O)N3CCOCC3)c2)SC(=S)N1Cc1ccc2c(c1)OCO2. The van der Waals surface area contributed by atoms with Crippen molar-refractivity contribution >= 4 is 50.3 Å². The maximum atomic E-state index is 13.6. The summed E-state index contributed by atoms with van der Waals surface area (Å²) < 4.78 is 46.7. The first kappa shape index (κ1) is 28.7. The number of rotatable bonds is 7. The molecule has 224 valence electrons. The van der Waals surface area contributed by atoms with E-state index in [-0.39, 0.29) is 24.1 Å². The molecule has 3 aliphatic heterocycles. The number of sulfonamides is 1. The van der Waals surface area contributed by atoms with Crippen molar-refractivity contribution in [3.63, 3.8) is 0 Å². The van der Waals surface area contributed by atoms with Crippen molar-refractivity contribution in [3.05, 3.63) is 95.0 Å². The van der Waals surface area contributed by atoms with E-state index < -0.39 is 10.0 Å². The molecular formula is C31H26N4O6S3. The second-order valence-corrected chi connectivity index (χ2v) is 13.8. The first-order valence-corrected chi connectivity index (χ1v) is 16.5. The molecule has 0 radical (unpaired) electrons. The molecule has 3 aliphatic rings. The van der Waals surface area contributed by atoms with Crippen LogP contribution < -0.4 is 9.47 Å². The Kier molecular flexibility index (Phi) is 7.72. The van der Waals surface area contributed by atoms with Crippen molar-refractivity contribution in [2.45, 2.75) is 11.4 Å². The molecule has 0 N–H and O–H groups in total. The highest BCUT2D eigenvalue weighted by atomic mass is 32.2. The van der Waals surface area contributed by atoms with Crippen LogP contribution in [0.1, 0.15) is 11.1 Å². The largest absolute Gasteiger partial charge is 0.454 e. The third-order valence-electron chi connectivity index (χ3n) is 7.42. The number of morpholine rings is 1. The Labute approximate surface area is 263 Å². The third kappa shape index (κ3) is 5.53. The number of thioether (sulfide) groups is 1. The van der Waals surface area contributed by atoms with Crippen molar-refractivity contribution in [1.82, 2.24) is 19.0 Å². The van der Waals surface area contributed by atoms with Crippen molar-refractivity contribution in [2.24, 2.45) is 0 Å². The summed E-state index contributed by atoms with van der Waals surface area (Å²) in [7, 11) is -3.73. The van der Waals surface area contributed by atoms with Crippen molar-refractivity contribution in [2.75, 3.05) is 33.1 Å². The summed E-state index contributed by atoms with van der Waals surface area (Å²) in [6.07, 6.45) is 3.60. The summed E-state index contributed by atoms with van der Waals surface area (Å²) in [5, 5.41) is 4.84. The van der Waals surface area contributed by atoms with Crippen LogP contribution in [-0.4, -0.2) is 70.7 Å². The number of thiocarbonyl (C=S) groups is 1. The molecule has 0 aliphatic carbocycles. The molecule has 44 heavy (non-hydrogen) atoms. The zero-order valence-electron chi connectivity index (χ0n) is 23.3. The number of hydrogen-bond donors (Lipinski definition) is 0. The number of fused-ring (bicyclic) bond motifs is 1. The van der Waals surface area contributed by atoms with E-state index >= 15 is 0 Å². The molecule has 2 saturated heterocycles. The van der Waals surface area contributed by atoms with E-state index in [2.05, 4.69) is 0 Å². The second kappa shape index (κ2) is 11.8. The number of para-hydroxylation sites is 1. The summed E-state index contributed by atoms with van der Waals surface area (Å²) in [6.45, 7) is 1.78. The number of aromatic nitrogens is 2. The topological polar surface area (TPSA) is 103 Å². The lowest BCUT2D eigenvalue weighted by atomic mass is 10.1. The van der Waals surface area contributed by atoms with Crippen LogP contribution in [0.15, 0.2) is 88.8 Å². The van der Waals surface area contributed by atoms with Gasteiger partial charge in [0.15, 0.2) is 11.5 Å². The van der Waals surface area contributed by atoms with E-state index in [0.29, 0.717) is 63.8 Å². The Balaban J connectivity index is 1.24. The Bertz CT molecular complexity index is 1900. The molecule has 0 spiro atoms. The first-order chi connectivity index (χ1) is 21.4. The van der Waals surface area contributed by atoms with Crippen LogP contribution in [0.5, 0.6) is 11.5 Å². The highest BCUT2D eigenvalue weighted by molar-refractivity contribution is 8.26. The van der Waals surface area contributed by atoms with Gasteiger partial charge in [0, 0.05) is 30.4 Å². The first-order valence-electron chi connectivity index (χ1n) is 13.8. The molecule has 2 fully saturated rings. The summed E-state index contributed by atoms with van der Waals surface area (Å²) in [6, 6.07) is 21.9. The maximum absolute atomic E-state index is 13.6. The summed E-state index contributed by atoms with van der Waals surface area (Å²) in [5.41, 5.74) is 3.48. The predicted octanol–water partition coefficient (Wildman–Crippen LogP) is 4.69. The molecular weight excluding hydrogens is 621 g/mol. The lowest BCUT2D eigenvalue weighted by Gasteiger charge is -2.26. The molecule has 13 heteroatoms. The molecule has 3 aromatic carbocycles. The predicted molar refractivity (Wildman–Crippen MR) is 170 cm³/mol. The van der Waals surface area contributed by atoms with Gasteiger partial charge in [-0.3, -0.25) is 9.69 Å². The zero-order valence-corrected chi connectivity index (χ0v) is 25.7. The number of carbonyl (C=O) groups excluding carboxylic acids is 1. The molecule has 0 atom stereocenters. The Morgan fingerprint density at radius 1 is 0.955 bits per heavy atom. The van der Waals surface area contributed by atoms with Crippen LogP contribution in [0, 0.1) is 0 Å². The average molecular weight is 647 g/mol. The average Bonchev–Trinajstić information content (AvgIpc) is 3.77. The van der Waals surface area contributed by atoms with Gasteiger partial charge in [-0.2, -0.15) is 9.40 Å². The maximum Gasteiger partial charge on any atom is 0.266 e. The standard InChI is InChI=1S/C31H26N4O6S3/c36-30-28(43-31(42)34(30)18-21-9-10-26-27(15-21)41-20-40-26)17-23-19-35(24-6-2-1-3-7-24)32-29(23)22-5-4-8-25(16-22)44(37,38)33-11-13-39-14-12-33/h1-10,15-17,19H,11-14,18,20H2. The van der Waals surface area contributed by atoms with Gasteiger partial charge in [-0.15, -0.1) is 0 Å². The Morgan fingerprint density at radius 2 is 1.75 bits per heavy atom. The number of amides is 1. The van der Waals surface area contributed by atoms with Gasteiger partial charge < -0.3 is 14.2 Å². The molecule has 0 unspecified atom stereocenters. The fourth-order valence-electron chi connectivity index (χ4n) is 5.17. The summed E-state index contributed by atoms with van der Waals surface area (Å²) in [4.78, 5) is 15.8. The van der Waals surface area contributed by atoms with Gasteiger partial charge >= 0.3 is 0 Å². The highest BCUT2D eigenvalue weighted by Gasteiger charge is 2.33. The minimum Gasteiger partial charge on any atom is -0.454 e. The van der Waals surface area contributed by atoms with E-state index in [1.54, 1.807) is 33.9 Å². The fraction of sp³-hybridized carbons (Fsp3) is 0.194. The molecule has 7 rings (SSSR count). The van der Waals surface area contributed by atoms with Crippen molar-refractivity contribution < 1.29 is 27.4 Å². The van der Waals surface area contributed by atoms with E-state index in [9.17, 15) is 13.2 Å². The van der Waals surface area contributed by atoms with Gasteiger partial charge in [-0.1, -0.05) is 60.4 Å². The molecule has 10 nitrogen and oxygen atoms in total. The Hall–Kier alpha value is -4.01. The van der Waals surface area contributed by atoms with Crippen LogP contribution in [0.25, 0.3) is 23.0 Å². The second-order valence-electron chi connectivity index (χ2n) is 10.2. The van der Waals surface area contributed by atoms with Gasteiger partial charge in [0.25, 0.3) is 5.91 Å². The van der Waals surface area contributed by atoms with Crippen molar-refractivity contribution in [1.29, 1.82) is 0 Å². The number of ether oxygens (including phenoxy) is 3. The van der Waals surface area contributed by atoms with Crippen molar-refractivity contribution in [3.8, 4) is 28.4 Å². The van der Waals surface area contributed by atoms with E-state index in [0.717, 1.165) is 11.3 Å². The van der Waals surface area contributed by atoms with E-state index in [1.807, 2.05) is 60.8 Å². The lowest BCUT2D eigenvalue weighted by molar-refractivity contribution is -0.122. The van der Waals surface area contributed by atoms with Gasteiger partial charge in [0.1, 0.15) is 10.0 Å². The van der Waals surface area contributed by atoms with Crippen LogP contribution in [-0.2, 0) is 26.1 Å². The van der Waals surface area contributed by atoms with Crippen LogP contribution in [0.2, 0.25) is 0 Å². The van der Waals surface area contributed by atoms with Crippen LogP contribution >= 0.6 is 24.0 Å². The monoisotopic (exact) mass is 646 g/mol. The van der Waals surface area contributed by atoms with E-state index in [4.69, 9.17) is 31.5 Å². The number of hydrogen-bond acceptors (Lipinski definition) is 9.